The average Bonchev–Trinajstić information content (AvgIpc) is 2.48. The lowest BCUT2D eigenvalue weighted by Gasteiger charge is -2.37. The van der Waals surface area contributed by atoms with Crippen LogP contribution in [0.2, 0.25) is 0 Å². The Bertz CT molecular complexity index is 547. The number of nitrogens with two attached hydrogens (primary N) is 1. The van der Waals surface area contributed by atoms with Crippen LogP contribution in [0.1, 0.15) is 30.9 Å². The number of primary amides is 1. The van der Waals surface area contributed by atoms with Gasteiger partial charge >= 0.3 is 0 Å². The molecule has 5 heteroatoms. The molecule has 0 aromatic heterocycles. The van der Waals surface area contributed by atoms with Crippen LogP contribution in [0.3, 0.4) is 0 Å². The number of β-amino-alcohol motifs (C(OH)–C–C–N with tert-alkyl or cyclic N) is 1. The van der Waals surface area contributed by atoms with Crippen LogP contribution in [-0.2, 0) is 4.79 Å². The van der Waals surface area contributed by atoms with Gasteiger partial charge in [0.1, 0.15) is 18.5 Å². The molecule has 1 aliphatic heterocycles. The molecule has 23 heavy (non-hydrogen) atoms. The average molecular weight is 320 g/mol. The molecule has 0 bridgehead atoms. The van der Waals surface area contributed by atoms with Gasteiger partial charge in [0.25, 0.3) is 0 Å². The monoisotopic (exact) mass is 320 g/mol. The highest BCUT2D eigenvalue weighted by atomic mass is 16.5. The van der Waals surface area contributed by atoms with Crippen molar-refractivity contribution < 1.29 is 14.6 Å². The minimum Gasteiger partial charge on any atom is -0.491 e. The summed E-state index contributed by atoms with van der Waals surface area (Å²) in [5.41, 5.74) is 7.67. The molecule has 0 saturated carbocycles. The maximum absolute atomic E-state index is 11.4. The topological polar surface area (TPSA) is 75.8 Å². The van der Waals surface area contributed by atoms with Crippen molar-refractivity contribution in [3.63, 3.8) is 0 Å². The first-order valence-electron chi connectivity index (χ1n) is 8.28. The largest absolute Gasteiger partial charge is 0.491 e. The smallest absolute Gasteiger partial charge is 0.221 e. The van der Waals surface area contributed by atoms with Crippen LogP contribution >= 0.6 is 0 Å². The Morgan fingerprint density at radius 1 is 1.43 bits per heavy atom. The summed E-state index contributed by atoms with van der Waals surface area (Å²) in [5.74, 6) is 0.443. The first-order chi connectivity index (χ1) is 10.9. The number of piperidine rings is 1. The lowest BCUT2D eigenvalue weighted by Crippen LogP contribution is -2.49. The molecule has 2 rings (SSSR count). The molecule has 1 fully saturated rings. The number of hydrogen-bond acceptors (Lipinski definition) is 4. The van der Waals surface area contributed by atoms with Gasteiger partial charge in [0.05, 0.1) is 5.92 Å². The first kappa shape index (κ1) is 17.8. The summed E-state index contributed by atoms with van der Waals surface area (Å²) in [4.78, 5) is 13.5. The van der Waals surface area contributed by atoms with Gasteiger partial charge in [-0.1, -0.05) is 17.7 Å². The number of likely N-dealkylation sites (tertiary alicyclic amines) is 1. The van der Waals surface area contributed by atoms with Gasteiger partial charge in [-0.2, -0.15) is 0 Å². The van der Waals surface area contributed by atoms with Crippen molar-refractivity contribution in [1.29, 1.82) is 0 Å². The van der Waals surface area contributed by atoms with E-state index in [-0.39, 0.29) is 18.4 Å². The van der Waals surface area contributed by atoms with Crippen LogP contribution < -0.4 is 10.5 Å². The summed E-state index contributed by atoms with van der Waals surface area (Å²) in [6.45, 7) is 7.52. The van der Waals surface area contributed by atoms with E-state index in [0.717, 1.165) is 24.2 Å². The van der Waals surface area contributed by atoms with Crippen molar-refractivity contribution in [3.8, 4) is 5.75 Å². The van der Waals surface area contributed by atoms with Gasteiger partial charge in [-0.25, -0.2) is 0 Å². The number of hydrogen-bond donors (Lipinski definition) is 2. The first-order valence-corrected chi connectivity index (χ1v) is 8.28. The van der Waals surface area contributed by atoms with Crippen LogP contribution in [0.25, 0.3) is 0 Å². The van der Waals surface area contributed by atoms with E-state index in [4.69, 9.17) is 10.5 Å². The molecule has 0 spiro atoms. The Labute approximate surface area is 138 Å². The van der Waals surface area contributed by atoms with E-state index in [1.807, 2.05) is 26.0 Å². The molecule has 1 amide bonds. The zero-order valence-electron chi connectivity index (χ0n) is 14.3. The van der Waals surface area contributed by atoms with Crippen molar-refractivity contribution in [3.05, 3.63) is 29.3 Å². The van der Waals surface area contributed by atoms with E-state index in [9.17, 15) is 9.90 Å². The molecular formula is C18H28N2O3. The van der Waals surface area contributed by atoms with Gasteiger partial charge in [-0.05, 0) is 45.2 Å². The van der Waals surface area contributed by atoms with Crippen molar-refractivity contribution in [1.82, 2.24) is 4.90 Å². The minimum atomic E-state index is -0.593. The van der Waals surface area contributed by atoms with Crippen LogP contribution in [0.5, 0.6) is 5.75 Å². The predicted octanol–water partition coefficient (Wildman–Crippen LogP) is 1.63. The molecular weight excluding hydrogens is 292 g/mol. The fraction of sp³-hybridized carbons (Fsp3) is 0.611. The molecule has 0 radical (unpaired) electrons. The van der Waals surface area contributed by atoms with Crippen molar-refractivity contribution >= 4 is 5.91 Å². The highest BCUT2D eigenvalue weighted by molar-refractivity contribution is 5.76. The Morgan fingerprint density at radius 2 is 2.17 bits per heavy atom. The van der Waals surface area contributed by atoms with E-state index in [2.05, 4.69) is 17.9 Å². The second-order valence-corrected chi connectivity index (χ2v) is 6.71. The summed E-state index contributed by atoms with van der Waals surface area (Å²) in [5, 5.41) is 10.3. The fourth-order valence-electron chi connectivity index (χ4n) is 3.14. The lowest BCUT2D eigenvalue weighted by molar-refractivity contribution is -0.124. The second kappa shape index (κ2) is 7.79. The summed E-state index contributed by atoms with van der Waals surface area (Å²) < 4.78 is 5.74. The van der Waals surface area contributed by atoms with Crippen LogP contribution in [0, 0.1) is 19.8 Å². The lowest BCUT2D eigenvalue weighted by atomic mass is 9.93. The summed E-state index contributed by atoms with van der Waals surface area (Å²) in [7, 11) is 0. The molecule has 1 saturated heterocycles. The zero-order chi connectivity index (χ0) is 17.0. The van der Waals surface area contributed by atoms with E-state index in [1.54, 1.807) is 0 Å². The number of aliphatic hydroxyl groups excluding tert-OH is 1. The van der Waals surface area contributed by atoms with Gasteiger partial charge in [0.2, 0.25) is 5.91 Å². The van der Waals surface area contributed by atoms with Gasteiger partial charge in [-0.3, -0.25) is 9.69 Å². The number of aliphatic hydroxyl groups is 1. The highest BCUT2D eigenvalue weighted by Crippen LogP contribution is 2.22. The second-order valence-electron chi connectivity index (χ2n) is 6.71. The van der Waals surface area contributed by atoms with Gasteiger partial charge < -0.3 is 15.6 Å². The van der Waals surface area contributed by atoms with E-state index in [0.29, 0.717) is 19.1 Å². The van der Waals surface area contributed by atoms with Crippen molar-refractivity contribution in [2.24, 2.45) is 11.7 Å². The predicted molar refractivity (Wildman–Crippen MR) is 90.4 cm³/mol. The molecule has 1 aromatic carbocycles. The van der Waals surface area contributed by atoms with Crippen LogP contribution in [0.4, 0.5) is 0 Å². The van der Waals surface area contributed by atoms with E-state index in [1.165, 1.54) is 5.56 Å². The summed E-state index contributed by atoms with van der Waals surface area (Å²) in [6, 6.07) is 6.34. The zero-order valence-corrected chi connectivity index (χ0v) is 14.3. The van der Waals surface area contributed by atoms with Crippen LogP contribution in [0.15, 0.2) is 18.2 Å². The Kier molecular flexibility index (Phi) is 6.02. The number of amides is 1. The minimum absolute atomic E-state index is 0.112. The molecule has 1 aliphatic rings. The molecule has 3 N–H and O–H groups in total. The molecule has 1 aromatic rings. The number of aryl methyl sites for hydroxylation is 2. The third-order valence-corrected chi connectivity index (χ3v) is 4.62. The summed E-state index contributed by atoms with van der Waals surface area (Å²) >= 11 is 0. The number of ether oxygens (including phenoxy) is 1. The normalized spacial score (nSPS) is 23.5. The van der Waals surface area contributed by atoms with E-state index < -0.39 is 6.10 Å². The summed E-state index contributed by atoms with van der Waals surface area (Å²) in [6.07, 6.45) is 1.17. The highest BCUT2D eigenvalue weighted by Gasteiger charge is 2.29. The van der Waals surface area contributed by atoms with Crippen molar-refractivity contribution in [2.75, 3.05) is 19.7 Å². The number of carbonyl (C=O) groups is 1. The molecule has 1 heterocycles. The third-order valence-electron chi connectivity index (χ3n) is 4.62. The van der Waals surface area contributed by atoms with Gasteiger partial charge in [0, 0.05) is 19.1 Å². The standard InChI is InChI=1S/C18H28N2O3/c1-12-4-7-17(13(2)8-12)23-11-16(21)10-20-9-15(18(19)22)6-5-14(20)3/h4,7-8,14-16,21H,5-6,9-11H2,1-3H3,(H2,19,22). The number of rotatable bonds is 6. The number of nitrogens with zero attached hydrogens (tertiary/aromatic N) is 1. The number of carbonyl (C=O) groups excluding carboxylic acids is 1. The van der Waals surface area contributed by atoms with E-state index >= 15 is 0 Å². The van der Waals surface area contributed by atoms with Gasteiger partial charge in [-0.15, -0.1) is 0 Å². The quantitative estimate of drug-likeness (QED) is 0.835. The molecule has 0 aliphatic carbocycles. The fourth-order valence-corrected chi connectivity index (χ4v) is 3.14. The van der Waals surface area contributed by atoms with Gasteiger partial charge in [0.15, 0.2) is 0 Å². The molecule has 128 valence electrons. The molecule has 3 unspecified atom stereocenters. The Hall–Kier alpha value is -1.59. The third kappa shape index (κ3) is 4.94. The number of benzene rings is 1. The SMILES string of the molecule is Cc1ccc(OCC(O)CN2CC(C(N)=O)CCC2C)c(C)c1. The van der Waals surface area contributed by atoms with Crippen LogP contribution in [-0.4, -0.2) is 47.8 Å². The van der Waals surface area contributed by atoms with Crippen molar-refractivity contribution in [2.45, 2.75) is 45.8 Å². The molecule has 5 nitrogen and oxygen atoms in total. The Balaban J connectivity index is 1.85. The maximum Gasteiger partial charge on any atom is 0.221 e. The Morgan fingerprint density at radius 3 is 2.83 bits per heavy atom. The maximum atomic E-state index is 11.4. The molecule has 3 atom stereocenters.